The molecule has 1 aliphatic heterocycles. The fourth-order valence-electron chi connectivity index (χ4n) is 2.83. The van der Waals surface area contributed by atoms with E-state index in [-0.39, 0.29) is 5.41 Å². The maximum absolute atomic E-state index is 12.4. The van der Waals surface area contributed by atoms with Gasteiger partial charge in [0.1, 0.15) is 0 Å². The summed E-state index contributed by atoms with van der Waals surface area (Å²) in [5.74, 6) is 0.455. The van der Waals surface area contributed by atoms with Crippen molar-refractivity contribution in [2.24, 2.45) is 5.41 Å². The zero-order valence-corrected chi connectivity index (χ0v) is 14.7. The minimum absolute atomic E-state index is 0.00197. The summed E-state index contributed by atoms with van der Waals surface area (Å²) >= 11 is 0. The molecule has 1 saturated heterocycles. The third kappa shape index (κ3) is 4.31. The molecule has 1 fully saturated rings. The van der Waals surface area contributed by atoms with Crippen molar-refractivity contribution in [2.45, 2.75) is 50.8 Å². The van der Waals surface area contributed by atoms with Gasteiger partial charge in [-0.2, -0.15) is 0 Å². The van der Waals surface area contributed by atoms with E-state index in [2.05, 4.69) is 30.8 Å². The maximum Gasteiger partial charge on any atom is 0.240 e. The van der Waals surface area contributed by atoms with Gasteiger partial charge in [0, 0.05) is 13.1 Å². The highest BCUT2D eigenvalue weighted by Crippen LogP contribution is 2.25. The third-order valence-corrected chi connectivity index (χ3v) is 6.16. The summed E-state index contributed by atoms with van der Waals surface area (Å²) in [7, 11) is -3.42. The summed E-state index contributed by atoms with van der Waals surface area (Å²) < 4.78 is 27.7. The van der Waals surface area contributed by atoms with Gasteiger partial charge in [-0.05, 0) is 54.8 Å². The number of hydrogen-bond acceptors (Lipinski definition) is 3. The van der Waals surface area contributed by atoms with Crippen LogP contribution in [0.4, 0.5) is 0 Å². The summed E-state index contributed by atoms with van der Waals surface area (Å²) in [6.45, 7) is 8.79. The second-order valence-corrected chi connectivity index (χ2v) is 8.56. The average molecular weight is 324 g/mol. The summed E-state index contributed by atoms with van der Waals surface area (Å²) in [5, 5.41) is 3.34. The Kier molecular flexibility index (Phi) is 5.64. The zero-order chi connectivity index (χ0) is 16.2. The van der Waals surface area contributed by atoms with E-state index in [9.17, 15) is 8.42 Å². The lowest BCUT2D eigenvalue weighted by Crippen LogP contribution is -2.45. The molecule has 1 aromatic carbocycles. The Bertz CT molecular complexity index is 575. The first-order valence-electron chi connectivity index (χ1n) is 8.17. The van der Waals surface area contributed by atoms with Gasteiger partial charge in [-0.15, -0.1) is 0 Å². The first-order valence-corrected chi connectivity index (χ1v) is 9.65. The SMILES string of the molecule is CCC(C)c1ccc(S(=O)(=O)NCC2(C)CCCNC2)cc1. The molecule has 0 spiro atoms. The number of nitrogens with one attached hydrogen (secondary N) is 2. The highest BCUT2D eigenvalue weighted by molar-refractivity contribution is 7.89. The van der Waals surface area contributed by atoms with Crippen molar-refractivity contribution in [3.8, 4) is 0 Å². The summed E-state index contributed by atoms with van der Waals surface area (Å²) in [4.78, 5) is 0.354. The van der Waals surface area contributed by atoms with Gasteiger partial charge in [-0.1, -0.05) is 32.9 Å². The Hall–Kier alpha value is -0.910. The number of hydrogen-bond donors (Lipinski definition) is 2. The van der Waals surface area contributed by atoms with Crippen LogP contribution in [0.25, 0.3) is 0 Å². The molecule has 0 radical (unpaired) electrons. The highest BCUT2D eigenvalue weighted by Gasteiger charge is 2.28. The number of benzene rings is 1. The molecule has 0 aliphatic carbocycles. The van der Waals surface area contributed by atoms with E-state index in [0.717, 1.165) is 32.4 Å². The third-order valence-electron chi connectivity index (χ3n) is 4.75. The van der Waals surface area contributed by atoms with E-state index in [4.69, 9.17) is 0 Å². The molecule has 4 nitrogen and oxygen atoms in total. The molecule has 0 amide bonds. The Morgan fingerprint density at radius 3 is 2.55 bits per heavy atom. The standard InChI is InChI=1S/C17H28N2O2S/c1-4-14(2)15-6-8-16(9-7-15)22(20,21)19-13-17(3)10-5-11-18-12-17/h6-9,14,18-19H,4-5,10-13H2,1-3H3. The van der Waals surface area contributed by atoms with Crippen LogP contribution in [0.2, 0.25) is 0 Å². The average Bonchev–Trinajstić information content (AvgIpc) is 2.53. The number of sulfonamides is 1. The molecule has 1 aliphatic rings. The second-order valence-electron chi connectivity index (χ2n) is 6.79. The van der Waals surface area contributed by atoms with Gasteiger partial charge in [0.15, 0.2) is 0 Å². The fourth-order valence-corrected chi connectivity index (χ4v) is 4.03. The predicted octanol–water partition coefficient (Wildman–Crippen LogP) is 2.87. The zero-order valence-electron chi connectivity index (χ0n) is 13.9. The topological polar surface area (TPSA) is 58.2 Å². The molecule has 2 unspecified atom stereocenters. The summed E-state index contributed by atoms with van der Waals surface area (Å²) in [6, 6.07) is 7.27. The van der Waals surface area contributed by atoms with Gasteiger partial charge in [-0.3, -0.25) is 0 Å². The van der Waals surface area contributed by atoms with Gasteiger partial charge < -0.3 is 5.32 Å². The smallest absolute Gasteiger partial charge is 0.240 e. The molecule has 2 rings (SSSR count). The Balaban J connectivity index is 2.03. The van der Waals surface area contributed by atoms with Crippen LogP contribution in [-0.4, -0.2) is 28.1 Å². The van der Waals surface area contributed by atoms with Crippen LogP contribution in [0.15, 0.2) is 29.2 Å². The van der Waals surface area contributed by atoms with Gasteiger partial charge >= 0.3 is 0 Å². The predicted molar refractivity (Wildman–Crippen MR) is 90.5 cm³/mol. The Morgan fingerprint density at radius 2 is 2.00 bits per heavy atom. The van der Waals surface area contributed by atoms with E-state index < -0.39 is 10.0 Å². The van der Waals surface area contributed by atoms with Crippen LogP contribution < -0.4 is 10.0 Å². The van der Waals surface area contributed by atoms with Crippen LogP contribution in [0, 0.1) is 5.41 Å². The van der Waals surface area contributed by atoms with Gasteiger partial charge in [0.2, 0.25) is 10.0 Å². The highest BCUT2D eigenvalue weighted by atomic mass is 32.2. The molecule has 2 atom stereocenters. The fraction of sp³-hybridized carbons (Fsp3) is 0.647. The molecule has 2 N–H and O–H groups in total. The van der Waals surface area contributed by atoms with E-state index in [0.29, 0.717) is 17.4 Å². The molecule has 0 bridgehead atoms. The maximum atomic E-state index is 12.4. The molecular formula is C17H28N2O2S. The van der Waals surface area contributed by atoms with Gasteiger partial charge in [-0.25, -0.2) is 13.1 Å². The molecule has 5 heteroatoms. The first kappa shape index (κ1) is 17.4. The van der Waals surface area contributed by atoms with Crippen molar-refractivity contribution < 1.29 is 8.42 Å². The van der Waals surface area contributed by atoms with Crippen LogP contribution in [-0.2, 0) is 10.0 Å². The normalized spacial score (nSPS) is 24.1. The summed E-state index contributed by atoms with van der Waals surface area (Å²) in [6.07, 6.45) is 3.20. The lowest BCUT2D eigenvalue weighted by molar-refractivity contribution is 0.238. The van der Waals surface area contributed by atoms with E-state index in [1.165, 1.54) is 5.56 Å². The lowest BCUT2D eigenvalue weighted by Gasteiger charge is -2.34. The quantitative estimate of drug-likeness (QED) is 0.846. The van der Waals surface area contributed by atoms with Crippen molar-refractivity contribution >= 4 is 10.0 Å². The van der Waals surface area contributed by atoms with Crippen molar-refractivity contribution in [3.63, 3.8) is 0 Å². The van der Waals surface area contributed by atoms with Crippen molar-refractivity contribution in [3.05, 3.63) is 29.8 Å². The van der Waals surface area contributed by atoms with Crippen LogP contribution in [0.5, 0.6) is 0 Å². The monoisotopic (exact) mass is 324 g/mol. The van der Waals surface area contributed by atoms with Gasteiger partial charge in [0.05, 0.1) is 4.90 Å². The molecule has 1 heterocycles. The van der Waals surface area contributed by atoms with Crippen molar-refractivity contribution in [2.75, 3.05) is 19.6 Å². The van der Waals surface area contributed by atoms with Crippen LogP contribution in [0.3, 0.4) is 0 Å². The summed E-state index contributed by atoms with van der Waals surface area (Å²) in [5.41, 5.74) is 1.19. The van der Waals surface area contributed by atoms with E-state index in [1.807, 2.05) is 12.1 Å². The van der Waals surface area contributed by atoms with Crippen LogP contribution in [0.1, 0.15) is 51.5 Å². The van der Waals surface area contributed by atoms with Gasteiger partial charge in [0.25, 0.3) is 0 Å². The van der Waals surface area contributed by atoms with E-state index >= 15 is 0 Å². The minimum Gasteiger partial charge on any atom is -0.316 e. The number of piperidine rings is 1. The molecular weight excluding hydrogens is 296 g/mol. The first-order chi connectivity index (χ1) is 10.4. The van der Waals surface area contributed by atoms with Crippen molar-refractivity contribution in [1.82, 2.24) is 10.0 Å². The van der Waals surface area contributed by atoms with E-state index in [1.54, 1.807) is 12.1 Å². The minimum atomic E-state index is -3.42. The van der Waals surface area contributed by atoms with Crippen LogP contribution >= 0.6 is 0 Å². The number of rotatable bonds is 6. The molecule has 0 aromatic heterocycles. The van der Waals surface area contributed by atoms with Crippen molar-refractivity contribution in [1.29, 1.82) is 0 Å². The largest absolute Gasteiger partial charge is 0.316 e. The Labute approximate surface area is 134 Å². The molecule has 124 valence electrons. The molecule has 1 aromatic rings. The Morgan fingerprint density at radius 1 is 1.32 bits per heavy atom. The molecule has 22 heavy (non-hydrogen) atoms. The molecule has 0 saturated carbocycles. The lowest BCUT2D eigenvalue weighted by atomic mass is 9.83. The second kappa shape index (κ2) is 7.11.